The Kier molecular flexibility index (Phi) is 4.56. The second-order valence-corrected chi connectivity index (χ2v) is 7.59. The molecule has 4 nitrogen and oxygen atoms in total. The highest BCUT2D eigenvalue weighted by atomic mass is 35.5. The number of benzene rings is 1. The number of nitrogens with zero attached hydrogens (tertiary/aromatic N) is 2. The van der Waals surface area contributed by atoms with Crippen LogP contribution in [0.2, 0.25) is 5.02 Å². The molecule has 1 aliphatic carbocycles. The standard InChI is InChI=1S/C18H26ClN3O/c1-18(2)15(13-9-10-23-16(13)18)21-17(20-3)22(4)11-12-7-5-6-8-14(12)19/h5-8,13,15-16H,9-11H2,1-4H3,(H,20,21). The van der Waals surface area contributed by atoms with E-state index < -0.39 is 0 Å². The maximum atomic E-state index is 6.28. The molecular weight excluding hydrogens is 310 g/mol. The topological polar surface area (TPSA) is 36.9 Å². The minimum Gasteiger partial charge on any atom is -0.377 e. The first-order valence-electron chi connectivity index (χ1n) is 8.24. The minimum absolute atomic E-state index is 0.141. The van der Waals surface area contributed by atoms with Crippen LogP contribution in [-0.4, -0.2) is 43.7 Å². The zero-order chi connectivity index (χ0) is 16.6. The average Bonchev–Trinajstić information content (AvgIpc) is 2.97. The maximum absolute atomic E-state index is 6.28. The SMILES string of the molecule is CN=C(NC1C2CCOC2C1(C)C)N(C)Cc1ccccc1Cl. The van der Waals surface area contributed by atoms with Crippen LogP contribution in [0.4, 0.5) is 0 Å². The fraction of sp³-hybridized carbons (Fsp3) is 0.611. The van der Waals surface area contributed by atoms with Crippen molar-refractivity contribution in [3.8, 4) is 0 Å². The highest BCUT2D eigenvalue weighted by Crippen LogP contribution is 2.52. The van der Waals surface area contributed by atoms with E-state index in [1.54, 1.807) is 0 Å². The van der Waals surface area contributed by atoms with E-state index >= 15 is 0 Å². The van der Waals surface area contributed by atoms with Gasteiger partial charge in [-0.1, -0.05) is 43.6 Å². The molecule has 2 aliphatic rings. The molecule has 23 heavy (non-hydrogen) atoms. The van der Waals surface area contributed by atoms with E-state index in [1.807, 2.05) is 32.3 Å². The van der Waals surface area contributed by atoms with E-state index in [2.05, 4.69) is 35.1 Å². The van der Waals surface area contributed by atoms with E-state index in [0.717, 1.165) is 36.1 Å². The van der Waals surface area contributed by atoms with Gasteiger partial charge >= 0.3 is 0 Å². The molecule has 1 saturated heterocycles. The molecule has 0 bridgehead atoms. The van der Waals surface area contributed by atoms with Crippen LogP contribution in [0.25, 0.3) is 0 Å². The van der Waals surface area contributed by atoms with Gasteiger partial charge in [-0.3, -0.25) is 4.99 Å². The lowest BCUT2D eigenvalue weighted by molar-refractivity contribution is -0.107. The molecule has 126 valence electrons. The summed E-state index contributed by atoms with van der Waals surface area (Å²) in [6.45, 7) is 6.17. The number of ether oxygens (including phenoxy) is 1. The van der Waals surface area contributed by atoms with Gasteiger partial charge in [0.2, 0.25) is 0 Å². The number of hydrogen-bond donors (Lipinski definition) is 1. The Morgan fingerprint density at radius 3 is 2.87 bits per heavy atom. The molecule has 3 rings (SSSR count). The third-order valence-electron chi connectivity index (χ3n) is 5.32. The van der Waals surface area contributed by atoms with Crippen LogP contribution in [0.1, 0.15) is 25.8 Å². The third-order valence-corrected chi connectivity index (χ3v) is 5.69. The van der Waals surface area contributed by atoms with Crippen molar-refractivity contribution in [3.05, 3.63) is 34.9 Å². The Labute approximate surface area is 143 Å². The highest BCUT2D eigenvalue weighted by molar-refractivity contribution is 6.31. The van der Waals surface area contributed by atoms with Crippen molar-refractivity contribution < 1.29 is 4.74 Å². The van der Waals surface area contributed by atoms with E-state index in [4.69, 9.17) is 16.3 Å². The summed E-state index contributed by atoms with van der Waals surface area (Å²) < 4.78 is 5.87. The summed E-state index contributed by atoms with van der Waals surface area (Å²) >= 11 is 6.28. The first-order chi connectivity index (χ1) is 10.9. The number of rotatable bonds is 3. The highest BCUT2D eigenvalue weighted by Gasteiger charge is 2.59. The van der Waals surface area contributed by atoms with Gasteiger partial charge in [-0.2, -0.15) is 0 Å². The van der Waals surface area contributed by atoms with Gasteiger partial charge in [0.25, 0.3) is 0 Å². The van der Waals surface area contributed by atoms with Crippen molar-refractivity contribution in [2.75, 3.05) is 20.7 Å². The monoisotopic (exact) mass is 335 g/mol. The minimum atomic E-state index is 0.141. The maximum Gasteiger partial charge on any atom is 0.193 e. The van der Waals surface area contributed by atoms with E-state index in [9.17, 15) is 0 Å². The van der Waals surface area contributed by atoms with Crippen LogP contribution >= 0.6 is 11.6 Å². The lowest BCUT2D eigenvalue weighted by Crippen LogP contribution is -2.67. The number of nitrogens with one attached hydrogen (secondary N) is 1. The van der Waals surface area contributed by atoms with Gasteiger partial charge in [0.15, 0.2) is 5.96 Å². The number of aliphatic imine (C=N–C) groups is 1. The van der Waals surface area contributed by atoms with Crippen LogP contribution in [0.5, 0.6) is 0 Å². The second kappa shape index (κ2) is 6.33. The molecule has 0 amide bonds. The Morgan fingerprint density at radius 2 is 2.17 bits per heavy atom. The van der Waals surface area contributed by atoms with Crippen molar-refractivity contribution in [1.82, 2.24) is 10.2 Å². The predicted molar refractivity (Wildman–Crippen MR) is 94.8 cm³/mol. The summed E-state index contributed by atoms with van der Waals surface area (Å²) in [7, 11) is 3.88. The molecule has 1 aromatic carbocycles. The molecule has 1 saturated carbocycles. The second-order valence-electron chi connectivity index (χ2n) is 7.18. The van der Waals surface area contributed by atoms with Gasteiger partial charge in [0.05, 0.1) is 6.10 Å². The van der Waals surface area contributed by atoms with Crippen LogP contribution in [0.15, 0.2) is 29.3 Å². The number of hydrogen-bond acceptors (Lipinski definition) is 2. The molecule has 2 fully saturated rings. The van der Waals surface area contributed by atoms with Crippen LogP contribution in [-0.2, 0) is 11.3 Å². The van der Waals surface area contributed by atoms with E-state index in [-0.39, 0.29) is 5.41 Å². The molecule has 3 unspecified atom stereocenters. The summed E-state index contributed by atoms with van der Waals surface area (Å²) in [5.74, 6) is 1.50. The Bertz CT molecular complexity index is 602. The summed E-state index contributed by atoms with van der Waals surface area (Å²) in [5.41, 5.74) is 1.25. The first kappa shape index (κ1) is 16.6. The summed E-state index contributed by atoms with van der Waals surface area (Å²) in [6, 6.07) is 8.36. The van der Waals surface area contributed by atoms with Gasteiger partial charge in [-0.05, 0) is 18.1 Å². The average molecular weight is 336 g/mol. The van der Waals surface area contributed by atoms with Crippen molar-refractivity contribution in [2.45, 2.75) is 39.0 Å². The molecule has 0 radical (unpaired) electrons. The van der Waals surface area contributed by atoms with E-state index in [0.29, 0.717) is 18.1 Å². The molecular formula is C18H26ClN3O. The molecule has 0 aromatic heterocycles. The molecule has 1 N–H and O–H groups in total. The third kappa shape index (κ3) is 2.94. The molecule has 0 spiro atoms. The zero-order valence-corrected chi connectivity index (χ0v) is 15.1. The fourth-order valence-electron chi connectivity index (χ4n) is 4.06. The lowest BCUT2D eigenvalue weighted by atomic mass is 9.57. The molecule has 3 atom stereocenters. The van der Waals surface area contributed by atoms with Crippen LogP contribution < -0.4 is 5.32 Å². The quantitative estimate of drug-likeness (QED) is 0.681. The van der Waals surface area contributed by atoms with Gasteiger partial charge < -0.3 is 15.0 Å². The van der Waals surface area contributed by atoms with Crippen molar-refractivity contribution >= 4 is 17.6 Å². The molecule has 1 aliphatic heterocycles. The summed E-state index contributed by atoms with van der Waals surface area (Å²) in [6.07, 6.45) is 1.52. The predicted octanol–water partition coefficient (Wildman–Crippen LogP) is 3.16. The molecule has 1 heterocycles. The van der Waals surface area contributed by atoms with Crippen LogP contribution in [0, 0.1) is 11.3 Å². The summed E-state index contributed by atoms with van der Waals surface area (Å²) in [4.78, 5) is 6.59. The summed E-state index contributed by atoms with van der Waals surface area (Å²) in [5, 5.41) is 4.45. The fourth-order valence-corrected chi connectivity index (χ4v) is 4.25. The number of guanidine groups is 1. The van der Waals surface area contributed by atoms with Gasteiger partial charge in [0.1, 0.15) is 0 Å². The van der Waals surface area contributed by atoms with Gasteiger partial charge in [-0.25, -0.2) is 0 Å². The lowest BCUT2D eigenvalue weighted by Gasteiger charge is -2.55. The molecule has 5 heteroatoms. The van der Waals surface area contributed by atoms with Crippen LogP contribution in [0.3, 0.4) is 0 Å². The Hall–Kier alpha value is -1.26. The first-order valence-corrected chi connectivity index (χ1v) is 8.62. The zero-order valence-electron chi connectivity index (χ0n) is 14.3. The van der Waals surface area contributed by atoms with Crippen molar-refractivity contribution in [3.63, 3.8) is 0 Å². The molecule has 1 aromatic rings. The Balaban J connectivity index is 1.67. The van der Waals surface area contributed by atoms with Crippen molar-refractivity contribution in [1.29, 1.82) is 0 Å². The largest absolute Gasteiger partial charge is 0.377 e. The number of fused-ring (bicyclic) bond motifs is 1. The van der Waals surface area contributed by atoms with Gasteiger partial charge in [-0.15, -0.1) is 0 Å². The number of halogens is 1. The normalized spacial score (nSPS) is 28.9. The van der Waals surface area contributed by atoms with E-state index in [1.165, 1.54) is 0 Å². The van der Waals surface area contributed by atoms with Gasteiger partial charge in [0, 0.05) is 49.6 Å². The van der Waals surface area contributed by atoms with Crippen molar-refractivity contribution in [2.24, 2.45) is 16.3 Å². The Morgan fingerprint density at radius 1 is 1.43 bits per heavy atom. The smallest absolute Gasteiger partial charge is 0.193 e.